The minimum atomic E-state index is -1.46. The number of ether oxygens (including phenoxy) is 2. The number of carbonyl (C=O) groups excluding carboxylic acids is 2. The summed E-state index contributed by atoms with van der Waals surface area (Å²) in [4.78, 5) is 24.9. The Bertz CT molecular complexity index is 481. The van der Waals surface area contributed by atoms with Crippen LogP contribution in [-0.4, -0.2) is 25.2 Å². The van der Waals surface area contributed by atoms with Gasteiger partial charge in [-0.05, 0) is 12.0 Å². The minimum Gasteiger partial charge on any atom is -0.460 e. The second-order valence-corrected chi connectivity index (χ2v) is 4.40. The predicted octanol–water partition coefficient (Wildman–Crippen LogP) is 2.79. The predicted molar refractivity (Wildman–Crippen MR) is 80.7 cm³/mol. The van der Waals surface area contributed by atoms with Crippen LogP contribution in [0.15, 0.2) is 55.6 Å². The van der Waals surface area contributed by atoms with Crippen LogP contribution in [0.5, 0.6) is 0 Å². The summed E-state index contributed by atoms with van der Waals surface area (Å²) < 4.78 is 10.2. The van der Waals surface area contributed by atoms with Crippen molar-refractivity contribution in [3.8, 4) is 0 Å². The molecule has 0 bridgehead atoms. The van der Waals surface area contributed by atoms with Gasteiger partial charge in [-0.2, -0.15) is 0 Å². The highest BCUT2D eigenvalue weighted by atomic mass is 16.6. The normalized spacial score (nSPS) is 10.5. The summed E-state index contributed by atoms with van der Waals surface area (Å²) in [7, 11) is 0. The van der Waals surface area contributed by atoms with Crippen LogP contribution in [0.3, 0.4) is 0 Å². The molecule has 0 spiro atoms. The van der Waals surface area contributed by atoms with Crippen LogP contribution < -0.4 is 0 Å². The zero-order chi connectivity index (χ0) is 15.7. The van der Waals surface area contributed by atoms with E-state index in [1.807, 2.05) is 6.07 Å². The van der Waals surface area contributed by atoms with Gasteiger partial charge in [0, 0.05) is 0 Å². The Kier molecular flexibility index (Phi) is 6.40. The topological polar surface area (TPSA) is 52.6 Å². The average molecular weight is 288 g/mol. The van der Waals surface area contributed by atoms with Crippen LogP contribution in [0.1, 0.15) is 18.9 Å². The molecule has 0 aliphatic carbocycles. The Morgan fingerprint density at radius 2 is 1.52 bits per heavy atom. The fraction of sp³-hybridized carbons (Fsp3) is 0.294. The molecule has 112 valence electrons. The van der Waals surface area contributed by atoms with Gasteiger partial charge < -0.3 is 9.47 Å². The molecule has 1 rings (SSSR count). The Morgan fingerprint density at radius 3 is 1.90 bits per heavy atom. The summed E-state index contributed by atoms with van der Waals surface area (Å²) in [5.74, 6) is -1.27. The molecule has 4 heteroatoms. The van der Waals surface area contributed by atoms with Crippen molar-refractivity contribution >= 4 is 11.9 Å². The molecule has 0 atom stereocenters. The second-order valence-electron chi connectivity index (χ2n) is 4.40. The fourth-order valence-corrected chi connectivity index (χ4v) is 2.05. The van der Waals surface area contributed by atoms with Gasteiger partial charge >= 0.3 is 11.9 Å². The maximum Gasteiger partial charge on any atom is 0.328 e. The molecule has 0 amide bonds. The molecule has 4 nitrogen and oxygen atoms in total. The molecule has 0 saturated heterocycles. The first kappa shape index (κ1) is 16.7. The van der Waals surface area contributed by atoms with Gasteiger partial charge in [-0.25, -0.2) is 0 Å². The first-order chi connectivity index (χ1) is 10.1. The molecule has 0 N–H and O–H groups in total. The Hall–Kier alpha value is -2.36. The average Bonchev–Trinajstić information content (AvgIpc) is 2.53. The Balaban J connectivity index is 3.24. The lowest BCUT2D eigenvalue weighted by atomic mass is 9.78. The third-order valence-electron chi connectivity index (χ3n) is 3.16. The number of carbonyl (C=O) groups is 2. The van der Waals surface area contributed by atoms with Gasteiger partial charge in [0.2, 0.25) is 0 Å². The standard InChI is InChI=1S/C17H20O4/c1-4-12-20-15(18)17(6-3,16(19)21-13-5-2)14-10-8-7-9-11-14/h4-5,7-11H,1-2,6,12-13H2,3H3. The SMILES string of the molecule is C=CCOC(=O)C(CC)(C(=O)OCC=C)c1ccccc1. The zero-order valence-corrected chi connectivity index (χ0v) is 12.2. The third kappa shape index (κ3) is 3.60. The van der Waals surface area contributed by atoms with Crippen molar-refractivity contribution in [3.05, 3.63) is 61.2 Å². The minimum absolute atomic E-state index is 0.0438. The summed E-state index contributed by atoms with van der Waals surface area (Å²) >= 11 is 0. The van der Waals surface area contributed by atoms with Crippen molar-refractivity contribution in [3.63, 3.8) is 0 Å². The van der Waals surface area contributed by atoms with Crippen molar-refractivity contribution < 1.29 is 19.1 Å². The van der Waals surface area contributed by atoms with Gasteiger partial charge in [0.25, 0.3) is 0 Å². The highest BCUT2D eigenvalue weighted by Gasteiger charge is 2.49. The molecule has 1 aromatic carbocycles. The summed E-state index contributed by atoms with van der Waals surface area (Å²) in [5, 5.41) is 0. The van der Waals surface area contributed by atoms with E-state index in [4.69, 9.17) is 9.47 Å². The van der Waals surface area contributed by atoms with Gasteiger partial charge in [0.15, 0.2) is 5.41 Å². The molecule has 0 saturated carbocycles. The van der Waals surface area contributed by atoms with E-state index in [9.17, 15) is 9.59 Å². The quantitative estimate of drug-likeness (QED) is 0.419. The monoisotopic (exact) mass is 288 g/mol. The van der Waals surface area contributed by atoms with Crippen molar-refractivity contribution in [2.45, 2.75) is 18.8 Å². The van der Waals surface area contributed by atoms with Gasteiger partial charge in [-0.15, -0.1) is 0 Å². The zero-order valence-electron chi connectivity index (χ0n) is 12.2. The maximum atomic E-state index is 12.5. The number of rotatable bonds is 8. The Labute approximate surface area is 125 Å². The molecule has 0 aliphatic rings. The summed E-state index contributed by atoms with van der Waals surface area (Å²) in [6, 6.07) is 8.78. The molecule has 0 heterocycles. The highest BCUT2D eigenvalue weighted by molar-refractivity contribution is 6.06. The number of esters is 2. The summed E-state index contributed by atoms with van der Waals surface area (Å²) in [6.45, 7) is 8.84. The molecule has 1 aromatic rings. The highest BCUT2D eigenvalue weighted by Crippen LogP contribution is 2.31. The van der Waals surface area contributed by atoms with Gasteiger partial charge in [0.05, 0.1) is 0 Å². The molecule has 0 unspecified atom stereocenters. The van der Waals surface area contributed by atoms with Gasteiger partial charge in [0.1, 0.15) is 13.2 Å². The lowest BCUT2D eigenvalue weighted by Gasteiger charge is -2.28. The van der Waals surface area contributed by atoms with E-state index in [-0.39, 0.29) is 19.6 Å². The van der Waals surface area contributed by atoms with E-state index in [1.54, 1.807) is 31.2 Å². The Morgan fingerprint density at radius 1 is 1.05 bits per heavy atom. The molecule has 0 radical (unpaired) electrons. The van der Waals surface area contributed by atoms with Crippen LogP contribution in [0.25, 0.3) is 0 Å². The van der Waals surface area contributed by atoms with Gasteiger partial charge in [-0.1, -0.05) is 62.6 Å². The van der Waals surface area contributed by atoms with Gasteiger partial charge in [-0.3, -0.25) is 9.59 Å². The smallest absolute Gasteiger partial charge is 0.328 e. The van der Waals surface area contributed by atoms with Crippen molar-refractivity contribution in [1.29, 1.82) is 0 Å². The lowest BCUT2D eigenvalue weighted by Crippen LogP contribution is -2.45. The van der Waals surface area contributed by atoms with Crippen molar-refractivity contribution in [1.82, 2.24) is 0 Å². The van der Waals surface area contributed by atoms with Crippen molar-refractivity contribution in [2.24, 2.45) is 0 Å². The van der Waals surface area contributed by atoms with Crippen LogP contribution in [0.4, 0.5) is 0 Å². The molecule has 0 aromatic heterocycles. The lowest BCUT2D eigenvalue weighted by molar-refractivity contribution is -0.164. The fourth-order valence-electron chi connectivity index (χ4n) is 2.05. The molecule has 0 aliphatic heterocycles. The number of hydrogen-bond donors (Lipinski definition) is 0. The first-order valence-corrected chi connectivity index (χ1v) is 6.75. The molecular formula is C17H20O4. The third-order valence-corrected chi connectivity index (χ3v) is 3.16. The van der Waals surface area contributed by atoms with E-state index in [0.29, 0.717) is 5.56 Å². The van der Waals surface area contributed by atoms with Crippen LogP contribution in [-0.2, 0) is 24.5 Å². The second kappa shape index (κ2) is 8.04. The van der Waals surface area contributed by atoms with E-state index in [1.165, 1.54) is 12.2 Å². The first-order valence-electron chi connectivity index (χ1n) is 6.75. The molecular weight excluding hydrogens is 268 g/mol. The molecule has 21 heavy (non-hydrogen) atoms. The summed E-state index contributed by atoms with van der Waals surface area (Å²) in [5.41, 5.74) is -0.913. The largest absolute Gasteiger partial charge is 0.460 e. The summed E-state index contributed by atoms with van der Waals surface area (Å²) in [6.07, 6.45) is 3.15. The number of hydrogen-bond acceptors (Lipinski definition) is 4. The maximum absolute atomic E-state index is 12.5. The van der Waals surface area contributed by atoms with Crippen LogP contribution >= 0.6 is 0 Å². The van der Waals surface area contributed by atoms with E-state index < -0.39 is 17.4 Å². The van der Waals surface area contributed by atoms with E-state index >= 15 is 0 Å². The molecule has 0 fully saturated rings. The van der Waals surface area contributed by atoms with Crippen LogP contribution in [0, 0.1) is 0 Å². The van der Waals surface area contributed by atoms with E-state index in [2.05, 4.69) is 13.2 Å². The van der Waals surface area contributed by atoms with Crippen LogP contribution in [0.2, 0.25) is 0 Å². The van der Waals surface area contributed by atoms with E-state index in [0.717, 1.165) is 0 Å². The number of benzene rings is 1. The van der Waals surface area contributed by atoms with Crippen molar-refractivity contribution in [2.75, 3.05) is 13.2 Å².